The van der Waals surface area contributed by atoms with Gasteiger partial charge in [-0.1, -0.05) is 20.8 Å². The topological polar surface area (TPSA) is 146 Å². The maximum atomic E-state index is 12.5. The second-order valence-electron chi connectivity index (χ2n) is 20.5. The van der Waals surface area contributed by atoms with Crippen molar-refractivity contribution in [1.82, 2.24) is 0 Å². The predicted octanol–water partition coefficient (Wildman–Crippen LogP) is 7.63. The number of esters is 4. The quantitative estimate of drug-likeness (QED) is 0.178. The summed E-state index contributed by atoms with van der Waals surface area (Å²) in [5.41, 5.74) is -3.87. The molecule has 9 fully saturated rings. The minimum Gasteiger partial charge on any atom is -0.463 e. The van der Waals surface area contributed by atoms with Gasteiger partial charge in [-0.3, -0.25) is 14.4 Å². The maximum absolute atomic E-state index is 12.5. The minimum atomic E-state index is -0.842. The normalized spacial score (nSPS) is 39.3. The monoisotopic (exact) mass is 746 g/mol. The minimum absolute atomic E-state index is 0.0185. The van der Waals surface area contributed by atoms with Crippen molar-refractivity contribution in [3.8, 4) is 0 Å². The number of cyclic esters (lactones) is 1. The fourth-order valence-corrected chi connectivity index (χ4v) is 10.6. The molecule has 8 saturated carbocycles. The third-order valence-corrected chi connectivity index (χ3v) is 14.8. The Kier molecular flexibility index (Phi) is 11.6. The summed E-state index contributed by atoms with van der Waals surface area (Å²) in [6, 6.07) is 0. The van der Waals surface area contributed by atoms with Crippen molar-refractivity contribution in [1.29, 1.82) is 0 Å². The van der Waals surface area contributed by atoms with E-state index < -0.39 is 39.7 Å². The Morgan fingerprint density at radius 3 is 1.55 bits per heavy atom. The van der Waals surface area contributed by atoms with E-state index in [0.717, 1.165) is 43.9 Å². The van der Waals surface area contributed by atoms with Crippen molar-refractivity contribution in [2.75, 3.05) is 6.61 Å². The Hall–Kier alpha value is -2.20. The number of ether oxygens (including phenoxy) is 4. The molecule has 53 heavy (non-hydrogen) atoms. The first-order valence-corrected chi connectivity index (χ1v) is 20.7. The van der Waals surface area contributed by atoms with Gasteiger partial charge in [0, 0.05) is 25.7 Å². The Labute approximate surface area is 318 Å². The lowest BCUT2D eigenvalue weighted by Crippen LogP contribution is -2.67. The molecule has 0 aromatic heterocycles. The second kappa shape index (κ2) is 14.7. The maximum Gasteiger partial charge on any atom is 0.347 e. The molecule has 0 amide bonds. The molecule has 302 valence electrons. The first kappa shape index (κ1) is 42.0. The van der Waals surface area contributed by atoms with E-state index in [2.05, 4.69) is 13.8 Å². The van der Waals surface area contributed by atoms with Gasteiger partial charge >= 0.3 is 23.9 Å². The van der Waals surface area contributed by atoms with Gasteiger partial charge in [0.15, 0.2) is 0 Å². The molecule has 0 radical (unpaired) electrons. The fourth-order valence-electron chi connectivity index (χ4n) is 10.6. The zero-order valence-corrected chi connectivity index (χ0v) is 34.4. The van der Waals surface area contributed by atoms with Crippen molar-refractivity contribution < 1.29 is 48.3 Å². The molecule has 1 aliphatic heterocycles. The number of carbonyl (C=O) groups excluding carboxylic acids is 4. The van der Waals surface area contributed by atoms with Crippen molar-refractivity contribution >= 4 is 23.9 Å². The molecule has 0 aromatic rings. The molecule has 10 heteroatoms. The van der Waals surface area contributed by atoms with Gasteiger partial charge in [0.1, 0.15) is 11.2 Å². The van der Waals surface area contributed by atoms with E-state index in [0.29, 0.717) is 50.5 Å². The molecule has 9 aliphatic rings. The smallest absolute Gasteiger partial charge is 0.347 e. The first-order valence-electron chi connectivity index (χ1n) is 20.7. The van der Waals surface area contributed by atoms with Gasteiger partial charge in [-0.15, -0.1) is 0 Å². The summed E-state index contributed by atoms with van der Waals surface area (Å²) < 4.78 is 21.8. The van der Waals surface area contributed by atoms with E-state index in [-0.39, 0.29) is 34.8 Å². The van der Waals surface area contributed by atoms with Crippen LogP contribution in [0.5, 0.6) is 0 Å². The van der Waals surface area contributed by atoms with Crippen LogP contribution in [0.1, 0.15) is 166 Å². The van der Waals surface area contributed by atoms with Gasteiger partial charge in [-0.25, -0.2) is 4.79 Å². The van der Waals surface area contributed by atoms with Crippen LogP contribution in [0.15, 0.2) is 0 Å². The predicted molar refractivity (Wildman–Crippen MR) is 199 cm³/mol. The Morgan fingerprint density at radius 1 is 0.679 bits per heavy atom. The summed E-state index contributed by atoms with van der Waals surface area (Å²) in [6.07, 6.45) is 12.4. The number of hydrogen-bond acceptors (Lipinski definition) is 10. The Bertz CT molecular complexity index is 1350. The van der Waals surface area contributed by atoms with E-state index >= 15 is 0 Å². The zero-order valence-electron chi connectivity index (χ0n) is 34.4. The van der Waals surface area contributed by atoms with Gasteiger partial charge in [0.05, 0.1) is 34.1 Å². The zero-order chi connectivity index (χ0) is 39.4. The lowest BCUT2D eigenvalue weighted by Gasteiger charge is -2.62. The lowest BCUT2D eigenvalue weighted by molar-refractivity contribution is -0.264. The van der Waals surface area contributed by atoms with E-state index in [4.69, 9.17) is 18.9 Å². The number of aliphatic hydroxyl groups is 2. The van der Waals surface area contributed by atoms with Crippen LogP contribution in [0.3, 0.4) is 0 Å². The largest absolute Gasteiger partial charge is 0.463 e. The van der Waals surface area contributed by atoms with Crippen molar-refractivity contribution in [2.24, 2.45) is 45.8 Å². The molecule has 1 heterocycles. The van der Waals surface area contributed by atoms with E-state index in [1.807, 2.05) is 41.5 Å². The van der Waals surface area contributed by atoms with Crippen LogP contribution in [0.4, 0.5) is 0 Å². The van der Waals surface area contributed by atoms with Crippen LogP contribution in [0.2, 0.25) is 0 Å². The molecule has 3 unspecified atom stereocenters. The van der Waals surface area contributed by atoms with Crippen molar-refractivity contribution in [3.05, 3.63) is 0 Å². The van der Waals surface area contributed by atoms with Gasteiger partial charge in [-0.05, 0) is 149 Å². The van der Waals surface area contributed by atoms with Crippen LogP contribution in [-0.4, -0.2) is 69.2 Å². The number of hydrogen-bond donors (Lipinski definition) is 2. The SMILES string of the molecule is CCC(C)(C)C(=O)OC1(C)C2CC3CC(C2)CC1C3.CCC(C)(C)C(=O)OC12CC3CC(O)(CC(O)(C3)C1)C2.CCC(C)(C)C(=O)OC1CCOC1=O. The summed E-state index contributed by atoms with van der Waals surface area (Å²) in [7, 11) is 0. The summed E-state index contributed by atoms with van der Waals surface area (Å²) >= 11 is 0. The summed E-state index contributed by atoms with van der Waals surface area (Å²) in [4.78, 5) is 47.5. The summed E-state index contributed by atoms with van der Waals surface area (Å²) in [5.74, 6) is 2.44. The standard InChI is InChI=1S/C17H28O2.C16H26O4.C10H16O4/c1-5-16(2,3)15(18)19-17(4)13-7-11-6-12(9-13)10-14(17)8-11;1-4-13(2,3)12(17)20-16-7-11-5-14(18,9-16)8-15(19,6-11)10-16;1-4-10(2,3)9(12)14-7-5-6-13-8(7)11/h11-14H,5-10H2,1-4H3;11,18-19H,4-10H2,1-3H3;7H,4-6H2,1-3H3. The third kappa shape index (κ3) is 8.79. The van der Waals surface area contributed by atoms with Crippen molar-refractivity contribution in [2.45, 2.75) is 194 Å². The lowest BCUT2D eigenvalue weighted by atomic mass is 9.50. The molecule has 8 bridgehead atoms. The van der Waals surface area contributed by atoms with Gasteiger partial charge < -0.3 is 29.2 Å². The molecule has 8 aliphatic carbocycles. The van der Waals surface area contributed by atoms with Crippen LogP contribution in [0, 0.1) is 45.8 Å². The second-order valence-corrected chi connectivity index (χ2v) is 20.5. The average Bonchev–Trinajstić information content (AvgIpc) is 3.45. The highest BCUT2D eigenvalue weighted by atomic mass is 16.6. The molecule has 0 aromatic carbocycles. The summed E-state index contributed by atoms with van der Waals surface area (Å²) in [6.45, 7) is 19.9. The molecule has 9 rings (SSSR count). The van der Waals surface area contributed by atoms with Gasteiger partial charge in [0.2, 0.25) is 6.10 Å². The molecule has 1 saturated heterocycles. The molecular weight excluding hydrogens is 676 g/mol. The fraction of sp³-hybridized carbons (Fsp3) is 0.907. The van der Waals surface area contributed by atoms with Gasteiger partial charge in [-0.2, -0.15) is 0 Å². The highest BCUT2D eigenvalue weighted by molar-refractivity contribution is 5.82. The first-order chi connectivity index (χ1) is 24.4. The molecule has 3 atom stereocenters. The molecule has 2 N–H and O–H groups in total. The van der Waals surface area contributed by atoms with Crippen LogP contribution in [0.25, 0.3) is 0 Å². The average molecular weight is 747 g/mol. The highest BCUT2D eigenvalue weighted by Gasteiger charge is 2.65. The van der Waals surface area contributed by atoms with Gasteiger partial charge in [0.25, 0.3) is 0 Å². The molecular formula is C43H70O10. The Morgan fingerprint density at radius 2 is 1.13 bits per heavy atom. The highest BCUT2D eigenvalue weighted by Crippen LogP contribution is 2.61. The van der Waals surface area contributed by atoms with Crippen LogP contribution in [-0.2, 0) is 38.1 Å². The van der Waals surface area contributed by atoms with E-state index in [1.54, 1.807) is 13.8 Å². The number of carbonyl (C=O) groups is 4. The Balaban J connectivity index is 0.000000156. The summed E-state index contributed by atoms with van der Waals surface area (Å²) in [5, 5.41) is 21.3. The van der Waals surface area contributed by atoms with E-state index in [9.17, 15) is 29.4 Å². The number of rotatable bonds is 9. The molecule has 0 spiro atoms. The van der Waals surface area contributed by atoms with Crippen molar-refractivity contribution in [3.63, 3.8) is 0 Å². The van der Waals surface area contributed by atoms with Crippen LogP contribution < -0.4 is 0 Å². The van der Waals surface area contributed by atoms with Crippen LogP contribution >= 0.6 is 0 Å². The molecule has 10 nitrogen and oxygen atoms in total. The van der Waals surface area contributed by atoms with E-state index in [1.165, 1.54) is 32.1 Å². The third-order valence-electron chi connectivity index (χ3n) is 14.8.